The Hall–Kier alpha value is -3.11. The molecule has 0 bridgehead atoms. The summed E-state index contributed by atoms with van der Waals surface area (Å²) < 4.78 is 11.6. The van der Waals surface area contributed by atoms with Gasteiger partial charge in [0.1, 0.15) is 11.5 Å². The van der Waals surface area contributed by atoms with Gasteiger partial charge >= 0.3 is 0 Å². The minimum Gasteiger partial charge on any atom is -0.497 e. The highest BCUT2D eigenvalue weighted by molar-refractivity contribution is 7.22. The summed E-state index contributed by atoms with van der Waals surface area (Å²) in [7, 11) is 3.26. The number of benzene rings is 3. The Morgan fingerprint density at radius 1 is 0.815 bits per heavy atom. The third-order valence-electron chi connectivity index (χ3n) is 4.51. The number of thiophene rings is 1. The van der Waals surface area contributed by atoms with E-state index < -0.39 is 0 Å². The molecule has 0 atom stereocenters. The largest absolute Gasteiger partial charge is 0.497 e. The average Bonchev–Trinajstić information content (AvgIpc) is 3.12. The van der Waals surface area contributed by atoms with Crippen molar-refractivity contribution in [1.29, 1.82) is 0 Å². The van der Waals surface area contributed by atoms with Crippen LogP contribution in [0.15, 0.2) is 72.8 Å². The van der Waals surface area contributed by atoms with Gasteiger partial charge in [0.15, 0.2) is 5.78 Å². The molecular formula is C23H18O3S. The molecule has 0 aliphatic heterocycles. The summed E-state index contributed by atoms with van der Waals surface area (Å²) in [5.41, 5.74) is 2.41. The van der Waals surface area contributed by atoms with Crippen LogP contribution < -0.4 is 9.47 Å². The second-order valence-electron chi connectivity index (χ2n) is 6.09. The van der Waals surface area contributed by atoms with Crippen molar-refractivity contribution in [3.05, 3.63) is 83.9 Å². The molecule has 1 heterocycles. The highest BCUT2D eigenvalue weighted by Gasteiger charge is 2.21. The molecule has 0 spiro atoms. The highest BCUT2D eigenvalue weighted by atomic mass is 32.1. The molecule has 3 aromatic carbocycles. The summed E-state index contributed by atoms with van der Waals surface area (Å²) >= 11 is 1.61. The van der Waals surface area contributed by atoms with Crippen molar-refractivity contribution in [3.63, 3.8) is 0 Å². The van der Waals surface area contributed by atoms with E-state index in [1.165, 1.54) is 0 Å². The van der Waals surface area contributed by atoms with E-state index in [1.807, 2.05) is 72.8 Å². The van der Waals surface area contributed by atoms with Crippen LogP contribution >= 0.6 is 11.3 Å². The van der Waals surface area contributed by atoms with Gasteiger partial charge in [-0.05, 0) is 48.0 Å². The van der Waals surface area contributed by atoms with Crippen LogP contribution in [0.25, 0.3) is 20.5 Å². The summed E-state index contributed by atoms with van der Waals surface area (Å²) in [5.74, 6) is 1.52. The molecule has 0 saturated heterocycles. The summed E-state index contributed by atoms with van der Waals surface area (Å²) in [5, 5.41) is 0.945. The Labute approximate surface area is 161 Å². The summed E-state index contributed by atoms with van der Waals surface area (Å²) in [6, 6.07) is 23.1. The smallest absolute Gasteiger partial charge is 0.195 e. The maximum absolute atomic E-state index is 13.4. The fourth-order valence-electron chi connectivity index (χ4n) is 3.11. The second-order valence-corrected chi connectivity index (χ2v) is 7.14. The Morgan fingerprint density at radius 3 is 2.15 bits per heavy atom. The van der Waals surface area contributed by atoms with Gasteiger partial charge in [0.05, 0.1) is 14.2 Å². The minimum atomic E-state index is 0.00734. The number of carbonyl (C=O) groups excluding carboxylic acids is 1. The Bertz CT molecular complexity index is 1100. The molecule has 0 radical (unpaired) electrons. The SMILES string of the molecule is COc1ccc(C(=O)c2c(-c3ccccc3)sc3cc(OC)ccc23)cc1. The molecule has 0 fully saturated rings. The van der Waals surface area contributed by atoms with Crippen molar-refractivity contribution < 1.29 is 14.3 Å². The van der Waals surface area contributed by atoms with Crippen molar-refractivity contribution in [2.45, 2.75) is 0 Å². The molecule has 0 aliphatic carbocycles. The molecule has 3 nitrogen and oxygen atoms in total. The highest BCUT2D eigenvalue weighted by Crippen LogP contribution is 2.41. The second kappa shape index (κ2) is 7.25. The standard InChI is InChI=1S/C23H18O3S/c1-25-17-10-8-15(9-11-17)22(24)21-19-13-12-18(26-2)14-20(19)27-23(21)16-6-4-3-5-7-16/h3-14H,1-2H3. The first-order chi connectivity index (χ1) is 13.2. The van der Waals surface area contributed by atoms with Crippen molar-refractivity contribution in [1.82, 2.24) is 0 Å². The maximum atomic E-state index is 13.4. The molecule has 0 N–H and O–H groups in total. The molecule has 0 unspecified atom stereocenters. The topological polar surface area (TPSA) is 35.5 Å². The number of ketones is 1. The Balaban J connectivity index is 1.92. The van der Waals surface area contributed by atoms with Crippen LogP contribution in [0.4, 0.5) is 0 Å². The van der Waals surface area contributed by atoms with Crippen molar-refractivity contribution in [2.75, 3.05) is 14.2 Å². The number of hydrogen-bond donors (Lipinski definition) is 0. The minimum absolute atomic E-state index is 0.00734. The monoisotopic (exact) mass is 374 g/mol. The van der Waals surface area contributed by atoms with Crippen LogP contribution in [-0.4, -0.2) is 20.0 Å². The first kappa shape index (κ1) is 17.3. The van der Waals surface area contributed by atoms with E-state index in [9.17, 15) is 4.79 Å². The Kier molecular flexibility index (Phi) is 4.65. The van der Waals surface area contributed by atoms with Gasteiger partial charge in [-0.3, -0.25) is 4.79 Å². The third kappa shape index (κ3) is 3.20. The predicted octanol–water partition coefficient (Wildman–Crippen LogP) is 5.82. The van der Waals surface area contributed by atoms with E-state index in [0.717, 1.165) is 37.6 Å². The third-order valence-corrected chi connectivity index (χ3v) is 5.71. The van der Waals surface area contributed by atoms with Gasteiger partial charge in [0, 0.05) is 26.1 Å². The molecule has 0 aliphatic rings. The van der Waals surface area contributed by atoms with Gasteiger partial charge in [-0.25, -0.2) is 0 Å². The number of hydrogen-bond acceptors (Lipinski definition) is 4. The first-order valence-electron chi connectivity index (χ1n) is 8.56. The Morgan fingerprint density at radius 2 is 1.48 bits per heavy atom. The summed E-state index contributed by atoms with van der Waals surface area (Å²) in [6.07, 6.45) is 0. The van der Waals surface area contributed by atoms with Crippen molar-refractivity contribution in [3.8, 4) is 21.9 Å². The predicted molar refractivity (Wildman–Crippen MR) is 110 cm³/mol. The van der Waals surface area contributed by atoms with Gasteiger partial charge in [-0.2, -0.15) is 0 Å². The normalized spacial score (nSPS) is 10.7. The van der Waals surface area contributed by atoms with E-state index in [-0.39, 0.29) is 5.78 Å². The lowest BCUT2D eigenvalue weighted by Crippen LogP contribution is -2.02. The van der Waals surface area contributed by atoms with Gasteiger partial charge in [0.25, 0.3) is 0 Å². The van der Waals surface area contributed by atoms with Crippen LogP contribution in [0.2, 0.25) is 0 Å². The number of methoxy groups -OCH3 is 2. The number of rotatable bonds is 5. The van der Waals surface area contributed by atoms with E-state index in [1.54, 1.807) is 25.6 Å². The fourth-order valence-corrected chi connectivity index (χ4v) is 4.34. The molecule has 27 heavy (non-hydrogen) atoms. The maximum Gasteiger partial charge on any atom is 0.195 e. The van der Waals surface area contributed by atoms with Gasteiger partial charge in [0.2, 0.25) is 0 Å². The zero-order valence-corrected chi connectivity index (χ0v) is 15.9. The molecule has 0 amide bonds. The molecule has 1 aromatic heterocycles. The van der Waals surface area contributed by atoms with Crippen LogP contribution in [0.1, 0.15) is 15.9 Å². The van der Waals surface area contributed by atoms with E-state index >= 15 is 0 Å². The average molecular weight is 374 g/mol. The molecule has 4 rings (SSSR count). The summed E-state index contributed by atoms with van der Waals surface area (Å²) in [6.45, 7) is 0. The van der Waals surface area contributed by atoms with Crippen molar-refractivity contribution >= 4 is 27.2 Å². The van der Waals surface area contributed by atoms with E-state index in [2.05, 4.69) is 0 Å². The summed E-state index contributed by atoms with van der Waals surface area (Å²) in [4.78, 5) is 14.4. The number of carbonyl (C=O) groups is 1. The lowest BCUT2D eigenvalue weighted by molar-refractivity contribution is 0.104. The quantitative estimate of drug-likeness (QED) is 0.413. The molecule has 4 heteroatoms. The first-order valence-corrected chi connectivity index (χ1v) is 9.37. The number of fused-ring (bicyclic) bond motifs is 1. The van der Waals surface area contributed by atoms with Crippen LogP contribution in [-0.2, 0) is 0 Å². The van der Waals surface area contributed by atoms with Crippen molar-refractivity contribution in [2.24, 2.45) is 0 Å². The van der Waals surface area contributed by atoms with Gasteiger partial charge in [-0.15, -0.1) is 11.3 Å². The zero-order chi connectivity index (χ0) is 18.8. The molecular weight excluding hydrogens is 356 g/mol. The molecule has 0 saturated carbocycles. The van der Waals surface area contributed by atoms with Crippen LogP contribution in [0, 0.1) is 0 Å². The van der Waals surface area contributed by atoms with Crippen LogP contribution in [0.3, 0.4) is 0 Å². The number of ether oxygens (including phenoxy) is 2. The fraction of sp³-hybridized carbons (Fsp3) is 0.0870. The lowest BCUT2D eigenvalue weighted by atomic mass is 9.97. The lowest BCUT2D eigenvalue weighted by Gasteiger charge is -2.06. The van der Waals surface area contributed by atoms with Gasteiger partial charge < -0.3 is 9.47 Å². The van der Waals surface area contributed by atoms with Crippen LogP contribution in [0.5, 0.6) is 11.5 Å². The van der Waals surface area contributed by atoms with Gasteiger partial charge in [-0.1, -0.05) is 30.3 Å². The zero-order valence-electron chi connectivity index (χ0n) is 15.1. The van der Waals surface area contributed by atoms with E-state index in [0.29, 0.717) is 5.56 Å². The molecule has 134 valence electrons. The van der Waals surface area contributed by atoms with E-state index in [4.69, 9.17) is 9.47 Å². The molecule has 4 aromatic rings.